The summed E-state index contributed by atoms with van der Waals surface area (Å²) >= 11 is 0. The zero-order chi connectivity index (χ0) is 26.6. The highest BCUT2D eigenvalue weighted by atomic mass is 16.2. The fraction of sp³-hybridized carbons (Fsp3) is 0.679. The molecule has 0 bridgehead atoms. The summed E-state index contributed by atoms with van der Waals surface area (Å²) < 4.78 is 0. The molecule has 1 aromatic carbocycles. The molecule has 1 heterocycles. The van der Waals surface area contributed by atoms with Crippen LogP contribution in [0, 0.1) is 11.3 Å². The number of carbonyl (C=O) groups excluding carboxylic acids is 3. The van der Waals surface area contributed by atoms with Crippen molar-refractivity contribution in [2.45, 2.75) is 84.8 Å². The fourth-order valence-electron chi connectivity index (χ4n) is 5.09. The van der Waals surface area contributed by atoms with Gasteiger partial charge in [-0.3, -0.25) is 14.4 Å². The Hall–Kier alpha value is -2.41. The SMILES string of the molecule is CN[C@H](C(=O)N[C@H](C(=O)N(C)C(C(=O)N1CCCC1)C(C)C)C(C)(C)C)C(C)(C)c1ccccc1. The quantitative estimate of drug-likeness (QED) is 0.562. The summed E-state index contributed by atoms with van der Waals surface area (Å²) in [7, 11) is 3.45. The van der Waals surface area contributed by atoms with E-state index in [2.05, 4.69) is 10.6 Å². The lowest BCUT2D eigenvalue weighted by atomic mass is 9.76. The Labute approximate surface area is 212 Å². The first-order valence-electron chi connectivity index (χ1n) is 12.8. The van der Waals surface area contributed by atoms with Gasteiger partial charge in [0.05, 0.1) is 6.04 Å². The highest BCUT2D eigenvalue weighted by Gasteiger charge is 2.43. The molecule has 0 saturated carbocycles. The van der Waals surface area contributed by atoms with E-state index in [9.17, 15) is 14.4 Å². The summed E-state index contributed by atoms with van der Waals surface area (Å²) in [5, 5.41) is 6.21. The molecule has 1 unspecified atom stereocenters. The van der Waals surface area contributed by atoms with Gasteiger partial charge in [-0.15, -0.1) is 0 Å². The van der Waals surface area contributed by atoms with E-state index < -0.39 is 29.0 Å². The third kappa shape index (κ3) is 6.63. The second-order valence-electron chi connectivity index (χ2n) is 11.8. The number of nitrogens with one attached hydrogen (secondary N) is 2. The van der Waals surface area contributed by atoms with Gasteiger partial charge >= 0.3 is 0 Å². The Balaban J connectivity index is 2.30. The molecule has 7 heteroatoms. The summed E-state index contributed by atoms with van der Waals surface area (Å²) in [5.41, 5.74) is -0.0285. The van der Waals surface area contributed by atoms with Gasteiger partial charge in [-0.25, -0.2) is 0 Å². The normalized spacial score (nSPS) is 17.1. The molecular formula is C28H46N4O3. The standard InChI is InChI=1S/C28H46N4O3/c1-19(2)21(25(34)32-17-13-14-18-32)31(9)26(35)23(27(3,4)5)30-24(33)22(29-8)28(6,7)20-15-11-10-12-16-20/h10-12,15-16,19,21-23,29H,13-14,17-18H2,1-9H3,(H,30,33)/t21?,22-,23-/m1/s1. The third-order valence-corrected chi connectivity index (χ3v) is 7.26. The van der Waals surface area contributed by atoms with E-state index >= 15 is 0 Å². The molecule has 1 aliphatic heterocycles. The van der Waals surface area contributed by atoms with Crippen LogP contribution in [-0.4, -0.2) is 72.8 Å². The van der Waals surface area contributed by atoms with Crippen molar-refractivity contribution in [3.8, 4) is 0 Å². The summed E-state index contributed by atoms with van der Waals surface area (Å²) in [5.74, 6) is -0.541. The van der Waals surface area contributed by atoms with Crippen LogP contribution in [0.25, 0.3) is 0 Å². The number of hydrogen-bond donors (Lipinski definition) is 2. The number of benzene rings is 1. The molecule has 0 radical (unpaired) electrons. The fourth-order valence-corrected chi connectivity index (χ4v) is 5.09. The van der Waals surface area contributed by atoms with Crippen LogP contribution in [0.2, 0.25) is 0 Å². The van der Waals surface area contributed by atoms with Crippen molar-refractivity contribution in [2.24, 2.45) is 11.3 Å². The maximum atomic E-state index is 13.8. The van der Waals surface area contributed by atoms with E-state index in [1.54, 1.807) is 19.0 Å². The van der Waals surface area contributed by atoms with Gasteiger partial charge < -0.3 is 20.4 Å². The van der Waals surface area contributed by atoms with Gasteiger partial charge in [0.15, 0.2) is 0 Å². The first-order valence-corrected chi connectivity index (χ1v) is 12.8. The average molecular weight is 487 g/mol. The predicted molar refractivity (Wildman–Crippen MR) is 141 cm³/mol. The monoisotopic (exact) mass is 486 g/mol. The zero-order valence-corrected chi connectivity index (χ0v) is 23.1. The van der Waals surface area contributed by atoms with Crippen molar-refractivity contribution >= 4 is 17.7 Å². The van der Waals surface area contributed by atoms with E-state index in [4.69, 9.17) is 0 Å². The summed E-state index contributed by atoms with van der Waals surface area (Å²) in [6.45, 7) is 15.3. The maximum Gasteiger partial charge on any atom is 0.246 e. The van der Waals surface area contributed by atoms with Crippen molar-refractivity contribution in [3.63, 3.8) is 0 Å². The number of rotatable bonds is 9. The lowest BCUT2D eigenvalue weighted by Crippen LogP contribution is -2.63. The van der Waals surface area contributed by atoms with Gasteiger partial charge in [-0.2, -0.15) is 0 Å². The number of carbonyl (C=O) groups is 3. The highest BCUT2D eigenvalue weighted by molar-refractivity contribution is 5.94. The molecule has 196 valence electrons. The minimum absolute atomic E-state index is 0.00866. The van der Waals surface area contributed by atoms with Gasteiger partial charge in [0.2, 0.25) is 17.7 Å². The maximum absolute atomic E-state index is 13.8. The molecule has 0 aliphatic carbocycles. The Morgan fingerprint density at radius 2 is 1.49 bits per heavy atom. The van der Waals surface area contributed by atoms with Crippen molar-refractivity contribution < 1.29 is 14.4 Å². The molecule has 0 aromatic heterocycles. The molecule has 3 atom stereocenters. The number of amides is 3. The van der Waals surface area contributed by atoms with Crippen LogP contribution < -0.4 is 10.6 Å². The molecular weight excluding hydrogens is 440 g/mol. The summed E-state index contributed by atoms with van der Waals surface area (Å²) in [6.07, 6.45) is 2.00. The first-order chi connectivity index (χ1) is 16.2. The topological polar surface area (TPSA) is 81.8 Å². The van der Waals surface area contributed by atoms with Crippen LogP contribution in [-0.2, 0) is 19.8 Å². The van der Waals surface area contributed by atoms with Crippen molar-refractivity contribution in [2.75, 3.05) is 27.2 Å². The minimum atomic E-state index is -0.782. The van der Waals surface area contributed by atoms with E-state index in [-0.39, 0.29) is 23.6 Å². The minimum Gasteiger partial charge on any atom is -0.342 e. The molecule has 1 fully saturated rings. The Morgan fingerprint density at radius 3 is 1.94 bits per heavy atom. The van der Waals surface area contributed by atoms with E-state index in [0.717, 1.165) is 31.5 Å². The van der Waals surface area contributed by atoms with Gasteiger partial charge in [0.25, 0.3) is 0 Å². The van der Waals surface area contributed by atoms with Crippen LogP contribution in [0.15, 0.2) is 30.3 Å². The average Bonchev–Trinajstić information content (AvgIpc) is 3.32. The summed E-state index contributed by atoms with van der Waals surface area (Å²) in [6, 6.07) is 7.98. The molecule has 7 nitrogen and oxygen atoms in total. The van der Waals surface area contributed by atoms with Crippen LogP contribution in [0.5, 0.6) is 0 Å². The molecule has 0 spiro atoms. The number of nitrogens with zero attached hydrogens (tertiary/aromatic N) is 2. The molecule has 2 N–H and O–H groups in total. The smallest absolute Gasteiger partial charge is 0.246 e. The molecule has 3 amide bonds. The van der Waals surface area contributed by atoms with Gasteiger partial charge in [0.1, 0.15) is 12.1 Å². The van der Waals surface area contributed by atoms with Gasteiger partial charge in [-0.05, 0) is 36.8 Å². The molecule has 1 aromatic rings. The predicted octanol–water partition coefficient (Wildman–Crippen LogP) is 3.19. The van der Waals surface area contributed by atoms with Crippen molar-refractivity contribution in [1.29, 1.82) is 0 Å². The second-order valence-corrected chi connectivity index (χ2v) is 11.8. The van der Waals surface area contributed by atoms with Crippen LogP contribution in [0.1, 0.15) is 66.9 Å². The van der Waals surface area contributed by atoms with Gasteiger partial charge in [-0.1, -0.05) is 78.8 Å². The second kappa shape index (κ2) is 11.5. The van der Waals surface area contributed by atoms with Crippen LogP contribution >= 0.6 is 0 Å². The Bertz CT molecular complexity index is 870. The van der Waals surface area contributed by atoms with Crippen LogP contribution in [0.3, 0.4) is 0 Å². The van der Waals surface area contributed by atoms with Crippen molar-refractivity contribution in [1.82, 2.24) is 20.4 Å². The van der Waals surface area contributed by atoms with E-state index in [0.29, 0.717) is 0 Å². The van der Waals surface area contributed by atoms with Gasteiger partial charge in [0, 0.05) is 25.6 Å². The zero-order valence-electron chi connectivity index (χ0n) is 23.1. The third-order valence-electron chi connectivity index (χ3n) is 7.26. The number of likely N-dealkylation sites (tertiary alicyclic amines) is 1. The lowest BCUT2D eigenvalue weighted by molar-refractivity contribution is -0.149. The van der Waals surface area contributed by atoms with E-state index in [1.807, 2.05) is 83.7 Å². The molecule has 1 aliphatic rings. The molecule has 35 heavy (non-hydrogen) atoms. The van der Waals surface area contributed by atoms with E-state index in [1.165, 1.54) is 0 Å². The van der Waals surface area contributed by atoms with Crippen LogP contribution in [0.4, 0.5) is 0 Å². The largest absolute Gasteiger partial charge is 0.342 e. The molecule has 2 rings (SSSR count). The summed E-state index contributed by atoms with van der Waals surface area (Å²) in [4.78, 5) is 44.2. The first kappa shape index (κ1) is 28.8. The Morgan fingerprint density at radius 1 is 0.943 bits per heavy atom. The number of likely N-dealkylation sites (N-methyl/N-ethyl adjacent to an activating group) is 2. The van der Waals surface area contributed by atoms with Crippen molar-refractivity contribution in [3.05, 3.63) is 35.9 Å². The highest BCUT2D eigenvalue weighted by Crippen LogP contribution is 2.29. The molecule has 1 saturated heterocycles. The number of hydrogen-bond acceptors (Lipinski definition) is 4. The Kier molecular flexibility index (Phi) is 9.51. The lowest BCUT2D eigenvalue weighted by Gasteiger charge is -2.40.